The van der Waals surface area contributed by atoms with Crippen LogP contribution in [0.5, 0.6) is 0 Å². The molecule has 1 aromatic carbocycles. The van der Waals surface area contributed by atoms with Crippen LogP contribution in [0.1, 0.15) is 25.0 Å². The van der Waals surface area contributed by atoms with E-state index in [1.165, 1.54) is 12.1 Å². The van der Waals surface area contributed by atoms with Gasteiger partial charge >= 0.3 is 6.18 Å². The number of benzene rings is 1. The first-order valence-electron chi connectivity index (χ1n) is 6.96. The van der Waals surface area contributed by atoms with Crippen molar-refractivity contribution >= 4 is 5.91 Å². The van der Waals surface area contributed by atoms with Crippen molar-refractivity contribution in [1.29, 1.82) is 0 Å². The van der Waals surface area contributed by atoms with E-state index < -0.39 is 11.7 Å². The number of nitrogens with one attached hydrogen (secondary N) is 1. The topological polar surface area (TPSA) is 32.3 Å². The van der Waals surface area contributed by atoms with Gasteiger partial charge in [-0.1, -0.05) is 12.1 Å². The Kier molecular flexibility index (Phi) is 4.56. The molecule has 0 aliphatic carbocycles. The number of piperazine rings is 1. The van der Waals surface area contributed by atoms with E-state index in [1.807, 2.05) is 13.8 Å². The maximum atomic E-state index is 12.5. The van der Waals surface area contributed by atoms with E-state index >= 15 is 0 Å². The molecule has 2 rings (SSSR count). The zero-order chi connectivity index (χ0) is 15.6. The molecule has 1 aliphatic rings. The number of amides is 1. The van der Waals surface area contributed by atoms with Crippen molar-refractivity contribution in [2.75, 3.05) is 13.1 Å². The molecule has 1 aliphatic heterocycles. The van der Waals surface area contributed by atoms with Gasteiger partial charge in [-0.05, 0) is 31.5 Å². The Morgan fingerprint density at radius 1 is 1.29 bits per heavy atom. The van der Waals surface area contributed by atoms with Crippen LogP contribution in [0, 0.1) is 0 Å². The average molecular weight is 300 g/mol. The highest BCUT2D eigenvalue weighted by molar-refractivity contribution is 5.79. The lowest BCUT2D eigenvalue weighted by Gasteiger charge is -2.37. The minimum atomic E-state index is -4.34. The molecule has 0 radical (unpaired) electrons. The molecule has 0 bridgehead atoms. The van der Waals surface area contributed by atoms with Gasteiger partial charge in [0.25, 0.3) is 0 Å². The van der Waals surface area contributed by atoms with Gasteiger partial charge in [-0.2, -0.15) is 13.2 Å². The summed E-state index contributed by atoms with van der Waals surface area (Å²) >= 11 is 0. The summed E-state index contributed by atoms with van der Waals surface area (Å²) in [7, 11) is 0. The maximum absolute atomic E-state index is 12.5. The second-order valence-electron chi connectivity index (χ2n) is 5.58. The van der Waals surface area contributed by atoms with Gasteiger partial charge in [0, 0.05) is 25.2 Å². The standard InChI is InChI=1S/C15H19F3N2O/c1-10-9-20(11(2)8-19-10)14(21)7-12-3-5-13(6-4-12)15(16,17)18/h3-6,10-11,19H,7-9H2,1-2H3. The van der Waals surface area contributed by atoms with Gasteiger partial charge in [-0.25, -0.2) is 0 Å². The Morgan fingerprint density at radius 2 is 1.90 bits per heavy atom. The summed E-state index contributed by atoms with van der Waals surface area (Å²) in [6, 6.07) is 5.12. The van der Waals surface area contributed by atoms with Gasteiger partial charge in [-0.15, -0.1) is 0 Å². The van der Waals surface area contributed by atoms with Crippen LogP contribution in [0.15, 0.2) is 24.3 Å². The normalized spacial score (nSPS) is 23.2. The number of carbonyl (C=O) groups is 1. The third-order valence-electron chi connectivity index (χ3n) is 3.72. The molecule has 1 saturated heterocycles. The second kappa shape index (κ2) is 6.05. The molecule has 0 aromatic heterocycles. The van der Waals surface area contributed by atoms with Crippen LogP contribution >= 0.6 is 0 Å². The van der Waals surface area contributed by atoms with Crippen molar-refractivity contribution in [1.82, 2.24) is 10.2 Å². The molecule has 6 heteroatoms. The Hall–Kier alpha value is -1.56. The highest BCUT2D eigenvalue weighted by atomic mass is 19.4. The smallest absolute Gasteiger partial charge is 0.337 e. The van der Waals surface area contributed by atoms with Gasteiger partial charge in [0.2, 0.25) is 5.91 Å². The quantitative estimate of drug-likeness (QED) is 0.910. The lowest BCUT2D eigenvalue weighted by atomic mass is 10.1. The molecule has 1 N–H and O–H groups in total. The van der Waals surface area contributed by atoms with Crippen molar-refractivity contribution < 1.29 is 18.0 Å². The molecule has 116 valence electrons. The van der Waals surface area contributed by atoms with Gasteiger partial charge in [0.15, 0.2) is 0 Å². The summed E-state index contributed by atoms with van der Waals surface area (Å²) in [5.74, 6) is -0.0457. The molecule has 0 spiro atoms. The molecule has 1 heterocycles. The van der Waals surface area contributed by atoms with Gasteiger partial charge in [-0.3, -0.25) is 4.79 Å². The predicted octanol–water partition coefficient (Wildman–Crippen LogP) is 2.46. The zero-order valence-corrected chi connectivity index (χ0v) is 12.1. The molecule has 3 nitrogen and oxygen atoms in total. The lowest BCUT2D eigenvalue weighted by Crippen LogP contribution is -2.56. The minimum Gasteiger partial charge on any atom is -0.337 e. The molecule has 1 fully saturated rings. The summed E-state index contributed by atoms with van der Waals surface area (Å²) in [4.78, 5) is 14.1. The molecular formula is C15H19F3N2O. The second-order valence-corrected chi connectivity index (χ2v) is 5.58. The summed E-state index contributed by atoms with van der Waals surface area (Å²) in [5, 5.41) is 3.29. The SMILES string of the molecule is CC1CN(C(=O)Cc2ccc(C(F)(F)F)cc2)C(C)CN1. The van der Waals surface area contributed by atoms with Gasteiger partial charge in [0.1, 0.15) is 0 Å². The fourth-order valence-corrected chi connectivity index (χ4v) is 2.46. The molecule has 2 atom stereocenters. The van der Waals surface area contributed by atoms with E-state index in [1.54, 1.807) is 4.90 Å². The monoisotopic (exact) mass is 300 g/mol. The number of halogens is 3. The van der Waals surface area contributed by atoms with Crippen LogP contribution in [-0.4, -0.2) is 36.0 Å². The molecule has 21 heavy (non-hydrogen) atoms. The fourth-order valence-electron chi connectivity index (χ4n) is 2.46. The largest absolute Gasteiger partial charge is 0.416 e. The number of hydrogen-bond acceptors (Lipinski definition) is 2. The first-order valence-corrected chi connectivity index (χ1v) is 6.96. The highest BCUT2D eigenvalue weighted by Crippen LogP contribution is 2.29. The number of alkyl halides is 3. The summed E-state index contributed by atoms with van der Waals surface area (Å²) in [6.45, 7) is 5.33. The average Bonchev–Trinajstić information content (AvgIpc) is 2.41. The van der Waals surface area contributed by atoms with Crippen LogP contribution in [-0.2, 0) is 17.4 Å². The third kappa shape index (κ3) is 3.97. The Morgan fingerprint density at radius 3 is 2.48 bits per heavy atom. The number of carbonyl (C=O) groups excluding carboxylic acids is 1. The predicted molar refractivity (Wildman–Crippen MR) is 73.8 cm³/mol. The van der Waals surface area contributed by atoms with E-state index in [0.29, 0.717) is 12.1 Å². The molecular weight excluding hydrogens is 281 g/mol. The van der Waals surface area contributed by atoms with Gasteiger partial charge in [0.05, 0.1) is 12.0 Å². The molecule has 0 saturated carbocycles. The van der Waals surface area contributed by atoms with Crippen LogP contribution in [0.4, 0.5) is 13.2 Å². The first-order chi connectivity index (χ1) is 9.77. The van der Waals surface area contributed by atoms with E-state index in [-0.39, 0.29) is 24.4 Å². The van der Waals surface area contributed by atoms with E-state index in [4.69, 9.17) is 0 Å². The third-order valence-corrected chi connectivity index (χ3v) is 3.72. The van der Waals surface area contributed by atoms with Crippen molar-refractivity contribution in [3.63, 3.8) is 0 Å². The summed E-state index contributed by atoms with van der Waals surface area (Å²) in [5.41, 5.74) is -0.0887. The Bertz CT molecular complexity index is 499. The van der Waals surface area contributed by atoms with Crippen molar-refractivity contribution in [2.24, 2.45) is 0 Å². The van der Waals surface area contributed by atoms with Crippen molar-refractivity contribution in [3.05, 3.63) is 35.4 Å². The van der Waals surface area contributed by atoms with Crippen molar-refractivity contribution in [2.45, 2.75) is 38.5 Å². The number of rotatable bonds is 2. The fraction of sp³-hybridized carbons (Fsp3) is 0.533. The van der Waals surface area contributed by atoms with E-state index in [0.717, 1.165) is 18.7 Å². The van der Waals surface area contributed by atoms with Crippen LogP contribution in [0.2, 0.25) is 0 Å². The van der Waals surface area contributed by atoms with Crippen LogP contribution in [0.25, 0.3) is 0 Å². The van der Waals surface area contributed by atoms with E-state index in [2.05, 4.69) is 5.32 Å². The van der Waals surface area contributed by atoms with Crippen molar-refractivity contribution in [3.8, 4) is 0 Å². The summed E-state index contributed by atoms with van der Waals surface area (Å²) in [6.07, 6.45) is -4.21. The van der Waals surface area contributed by atoms with E-state index in [9.17, 15) is 18.0 Å². The maximum Gasteiger partial charge on any atom is 0.416 e. The number of hydrogen-bond donors (Lipinski definition) is 1. The van der Waals surface area contributed by atoms with Crippen LogP contribution in [0.3, 0.4) is 0 Å². The number of nitrogens with zero attached hydrogens (tertiary/aromatic N) is 1. The Balaban J connectivity index is 2.02. The lowest BCUT2D eigenvalue weighted by molar-refractivity contribution is -0.137. The Labute approximate surface area is 122 Å². The molecule has 1 aromatic rings. The minimum absolute atomic E-state index is 0.0457. The van der Waals surface area contributed by atoms with Gasteiger partial charge < -0.3 is 10.2 Å². The molecule has 2 unspecified atom stereocenters. The summed E-state index contributed by atoms with van der Waals surface area (Å²) < 4.78 is 37.5. The first kappa shape index (κ1) is 15.8. The zero-order valence-electron chi connectivity index (χ0n) is 12.1. The van der Waals surface area contributed by atoms with Crippen LogP contribution < -0.4 is 5.32 Å². The molecule has 1 amide bonds. The highest BCUT2D eigenvalue weighted by Gasteiger charge is 2.30.